The molecule has 306 valence electrons. The lowest BCUT2D eigenvalue weighted by Gasteiger charge is -2.30. The van der Waals surface area contributed by atoms with Gasteiger partial charge in [-0.05, 0) is 65.6 Å². The minimum Gasteiger partial charge on any atom is -0.465 e. The van der Waals surface area contributed by atoms with E-state index in [0.717, 1.165) is 62.8 Å². The van der Waals surface area contributed by atoms with Gasteiger partial charge in [-0.2, -0.15) is 0 Å². The van der Waals surface area contributed by atoms with Crippen molar-refractivity contribution >= 4 is 40.5 Å². The third-order valence-electron chi connectivity index (χ3n) is 11.8. The van der Waals surface area contributed by atoms with Crippen LogP contribution in [0.3, 0.4) is 0 Å². The Morgan fingerprint density at radius 2 is 1.50 bits per heavy atom. The Kier molecular flexibility index (Phi) is 9.98. The molecule has 0 spiro atoms. The maximum absolute atomic E-state index is 13.8. The summed E-state index contributed by atoms with van der Waals surface area (Å²) in [6, 6.07) is 16.0. The van der Waals surface area contributed by atoms with Gasteiger partial charge in [-0.1, -0.05) is 56.3 Å². The maximum atomic E-state index is 13.8. The van der Waals surface area contributed by atoms with Crippen molar-refractivity contribution in [2.24, 2.45) is 5.92 Å². The van der Waals surface area contributed by atoms with Crippen LogP contribution in [0, 0.1) is 5.92 Å². The summed E-state index contributed by atoms with van der Waals surface area (Å²) in [6.45, 7) is 4.37. The van der Waals surface area contributed by atoms with Crippen LogP contribution in [0.4, 0.5) is 15.3 Å². The van der Waals surface area contributed by atoms with E-state index in [1.165, 1.54) is 7.11 Å². The van der Waals surface area contributed by atoms with E-state index < -0.39 is 30.3 Å². The van der Waals surface area contributed by atoms with Crippen molar-refractivity contribution in [3.63, 3.8) is 0 Å². The number of fused-ring (bicyclic) bond motifs is 1. The highest BCUT2D eigenvalue weighted by atomic mass is 16.5. The number of hydrogen-bond donors (Lipinski definition) is 5. The number of imidazole rings is 2. The Balaban J connectivity index is 0.897. The quantitative estimate of drug-likeness (QED) is 0.110. The van der Waals surface area contributed by atoms with Crippen molar-refractivity contribution in [3.05, 3.63) is 102 Å². The van der Waals surface area contributed by atoms with Gasteiger partial charge in [-0.25, -0.2) is 29.5 Å². The number of rotatable bonds is 9. The normalized spacial score (nSPS) is 19.0. The van der Waals surface area contributed by atoms with E-state index in [1.807, 2.05) is 62.4 Å². The summed E-state index contributed by atoms with van der Waals surface area (Å²) >= 11 is 0. The summed E-state index contributed by atoms with van der Waals surface area (Å²) in [4.78, 5) is 80.0. The smallest absolute Gasteiger partial charge is 0.407 e. The second-order valence-electron chi connectivity index (χ2n) is 15.9. The zero-order valence-corrected chi connectivity index (χ0v) is 33.3. The summed E-state index contributed by atoms with van der Waals surface area (Å²) in [7, 11) is 1.28. The van der Waals surface area contributed by atoms with Crippen LogP contribution < -0.4 is 15.5 Å². The molecule has 0 aliphatic carbocycles. The fourth-order valence-electron chi connectivity index (χ4n) is 8.80. The first-order valence-corrected chi connectivity index (χ1v) is 20.1. The van der Waals surface area contributed by atoms with Crippen molar-refractivity contribution < 1.29 is 29.0 Å². The number of amides is 4. The molecule has 4 amide bonds. The number of nitrogens with zero attached hydrogens (tertiary/aromatic N) is 6. The van der Waals surface area contributed by atoms with Crippen LogP contribution in [0.15, 0.2) is 79.4 Å². The first kappa shape index (κ1) is 38.4. The molecule has 0 bridgehead atoms. The van der Waals surface area contributed by atoms with Gasteiger partial charge in [0.05, 0.1) is 48.7 Å². The highest BCUT2D eigenvalue weighted by molar-refractivity contribution is 6.02. The van der Waals surface area contributed by atoms with E-state index in [1.54, 1.807) is 34.6 Å². The molecule has 1 fully saturated rings. The van der Waals surface area contributed by atoms with Crippen LogP contribution >= 0.6 is 0 Å². The number of aromatic amines is 2. The van der Waals surface area contributed by atoms with Crippen molar-refractivity contribution in [1.29, 1.82) is 0 Å². The molecule has 9 rings (SSSR count). The topological polar surface area (TPSA) is 211 Å². The van der Waals surface area contributed by atoms with Gasteiger partial charge in [0.15, 0.2) is 5.82 Å². The second kappa shape index (κ2) is 15.6. The fraction of sp³-hybridized carbons (Fsp3) is 0.318. The zero-order valence-electron chi connectivity index (χ0n) is 33.3. The molecule has 16 heteroatoms. The van der Waals surface area contributed by atoms with Gasteiger partial charge in [0.1, 0.15) is 23.7 Å². The molecule has 5 N–H and O–H groups in total. The van der Waals surface area contributed by atoms with E-state index in [4.69, 9.17) is 19.7 Å². The van der Waals surface area contributed by atoms with Crippen molar-refractivity contribution in [2.45, 2.75) is 70.1 Å². The third-order valence-corrected chi connectivity index (χ3v) is 11.8. The Labute approximate surface area is 344 Å². The van der Waals surface area contributed by atoms with E-state index >= 15 is 0 Å². The van der Waals surface area contributed by atoms with Gasteiger partial charge >= 0.3 is 12.2 Å². The number of likely N-dealkylation sites (tertiary alicyclic amines) is 1. The molecule has 3 aromatic heterocycles. The van der Waals surface area contributed by atoms with Crippen LogP contribution in [0.2, 0.25) is 0 Å². The largest absolute Gasteiger partial charge is 0.465 e. The number of nitrogens with one attached hydrogen (secondary N) is 4. The molecule has 6 aromatic rings. The minimum absolute atomic E-state index is 0.118. The Hall–Kier alpha value is -7.10. The molecule has 3 aliphatic heterocycles. The number of aromatic nitrogens is 6. The molecule has 0 unspecified atom stereocenters. The van der Waals surface area contributed by atoms with Crippen LogP contribution in [-0.4, -0.2) is 89.6 Å². The number of alkyl carbamates (subject to hydrolysis) is 1. The van der Waals surface area contributed by atoms with Gasteiger partial charge in [0, 0.05) is 42.0 Å². The summed E-state index contributed by atoms with van der Waals surface area (Å²) in [5.41, 5.74) is 6.98. The second-order valence-corrected chi connectivity index (χ2v) is 15.9. The van der Waals surface area contributed by atoms with Crippen molar-refractivity contribution in [2.75, 3.05) is 18.6 Å². The van der Waals surface area contributed by atoms with Gasteiger partial charge in [0.2, 0.25) is 11.8 Å². The third kappa shape index (κ3) is 7.07. The number of aryl methyl sites for hydroxylation is 1. The van der Waals surface area contributed by atoms with Gasteiger partial charge < -0.3 is 35.3 Å². The summed E-state index contributed by atoms with van der Waals surface area (Å²) in [6.07, 6.45) is 8.25. The molecule has 0 saturated carbocycles. The van der Waals surface area contributed by atoms with Crippen LogP contribution in [-0.2, 0) is 27.2 Å². The van der Waals surface area contributed by atoms with Crippen LogP contribution in [0.25, 0.3) is 44.7 Å². The van der Waals surface area contributed by atoms with Crippen molar-refractivity contribution in [1.82, 2.24) is 45.4 Å². The van der Waals surface area contributed by atoms with E-state index in [0.29, 0.717) is 49.0 Å². The average molecular weight is 809 g/mol. The lowest BCUT2D eigenvalue weighted by atomic mass is 10.0. The number of carbonyl (C=O) groups is 4. The molecule has 0 radical (unpaired) electrons. The molecule has 1 saturated heterocycles. The average Bonchev–Trinajstić information content (AvgIpc) is 4.08. The van der Waals surface area contributed by atoms with Gasteiger partial charge in [-0.3, -0.25) is 14.5 Å². The minimum atomic E-state index is -1.23. The molecule has 3 aromatic carbocycles. The molecule has 6 heterocycles. The fourth-order valence-corrected chi connectivity index (χ4v) is 8.80. The number of hydrogen-bond acceptors (Lipinski definition) is 9. The predicted molar refractivity (Wildman–Crippen MR) is 222 cm³/mol. The lowest BCUT2D eigenvalue weighted by molar-refractivity contribution is -0.135. The number of carbonyl (C=O) groups excluding carboxylic acids is 3. The zero-order chi connectivity index (χ0) is 41.7. The number of ether oxygens (including phenoxy) is 1. The summed E-state index contributed by atoms with van der Waals surface area (Å²) in [5, 5.41) is 16.6. The standard InChI is InChI=1S/C44H44N10O6/c1-23(2)36(52-44(59)60-3)42(56)53-15-5-8-34(53)39-47-21-32(49-39)27-11-9-26-17-29(12-10-25(26)16-27)38-45-19-30(20-46-38)33-22-48-40(50-33)35-18-28-7-4-6-24-13-14-31(51-43(57)58)41(55)54(35)37(24)28/h4,6-7,9-12,16-17,19-23,31,34-36,51H,5,8,13-15,18H2,1-3H3,(H,47,49)(H,48,50)(H,52,59)(H,57,58)/t31-,34-,35-,36-/m0/s1. The van der Waals surface area contributed by atoms with E-state index in [-0.39, 0.29) is 23.8 Å². The van der Waals surface area contributed by atoms with Crippen LogP contribution in [0.5, 0.6) is 0 Å². The number of carboxylic acid groups (broad SMARTS) is 1. The maximum Gasteiger partial charge on any atom is 0.407 e. The predicted octanol–water partition coefficient (Wildman–Crippen LogP) is 6.33. The Morgan fingerprint density at radius 3 is 2.20 bits per heavy atom. The first-order valence-electron chi connectivity index (χ1n) is 20.1. The van der Waals surface area contributed by atoms with E-state index in [2.05, 4.69) is 31.7 Å². The molecule has 60 heavy (non-hydrogen) atoms. The van der Waals surface area contributed by atoms with Gasteiger partial charge in [-0.15, -0.1) is 0 Å². The molecule has 16 nitrogen and oxygen atoms in total. The highest BCUT2D eigenvalue weighted by Crippen LogP contribution is 2.44. The monoisotopic (exact) mass is 808 g/mol. The summed E-state index contributed by atoms with van der Waals surface area (Å²) in [5.74, 6) is 1.31. The summed E-state index contributed by atoms with van der Waals surface area (Å²) < 4.78 is 4.76. The van der Waals surface area contributed by atoms with Crippen LogP contribution in [0.1, 0.15) is 68.0 Å². The highest BCUT2D eigenvalue weighted by Gasteiger charge is 2.43. The lowest BCUT2D eigenvalue weighted by Crippen LogP contribution is -2.51. The SMILES string of the molecule is COC(=O)N[C@H](C(=O)N1CCC[C@H]1c1ncc(-c2ccc3cc(-c4ncc(-c5cnc([C@@H]6Cc7cccc8c7N6C(=O)[C@@H](NC(=O)O)CC8)[nH]5)cn4)ccc3c2)[nH]1)C(C)C. The number of para-hydroxylation sites is 1. The number of anilines is 1. The number of H-pyrrole nitrogens is 2. The van der Waals surface area contributed by atoms with E-state index in [9.17, 15) is 24.3 Å². The Bertz CT molecular complexity index is 2640. The molecule has 3 aliphatic rings. The Morgan fingerprint density at radius 1 is 0.833 bits per heavy atom. The molecular formula is C44H44N10O6. The molecule has 4 atom stereocenters. The number of methoxy groups -OCH3 is 1. The number of benzene rings is 3. The first-order chi connectivity index (χ1) is 29.1. The van der Waals surface area contributed by atoms with Gasteiger partial charge in [0.25, 0.3) is 0 Å². The van der Waals surface area contributed by atoms with Crippen molar-refractivity contribution in [3.8, 4) is 33.9 Å². The molecular weight excluding hydrogens is 765 g/mol.